The molecule has 0 aliphatic rings. The number of amides is 1. The average Bonchev–Trinajstić information content (AvgIpc) is 3.06. The first kappa shape index (κ1) is 22.6. The van der Waals surface area contributed by atoms with Gasteiger partial charge in [-0.15, -0.1) is 0 Å². The van der Waals surface area contributed by atoms with Crippen LogP contribution in [0.5, 0.6) is 0 Å². The number of aromatic nitrogens is 1. The number of nitrogens with one attached hydrogen (secondary N) is 1. The van der Waals surface area contributed by atoms with Gasteiger partial charge in [-0.3, -0.25) is 4.79 Å². The molecule has 1 amide bonds. The maximum Gasteiger partial charge on any atom is 0.339 e. The van der Waals surface area contributed by atoms with Crippen LogP contribution < -0.4 is 5.32 Å². The van der Waals surface area contributed by atoms with E-state index in [0.29, 0.717) is 35.9 Å². The monoisotopic (exact) mass is 438 g/mol. The molecule has 162 valence electrons. The fourth-order valence-corrected chi connectivity index (χ4v) is 3.55. The van der Waals surface area contributed by atoms with Crippen molar-refractivity contribution in [1.29, 1.82) is 0 Å². The largest absolute Gasteiger partial charge is 0.462 e. The summed E-state index contributed by atoms with van der Waals surface area (Å²) in [5.74, 6) is -0.494. The van der Waals surface area contributed by atoms with Crippen molar-refractivity contribution < 1.29 is 14.3 Å². The minimum atomic E-state index is -0.379. The van der Waals surface area contributed by atoms with E-state index >= 15 is 0 Å². The third-order valence-electron chi connectivity index (χ3n) is 5.16. The van der Waals surface area contributed by atoms with E-state index in [1.807, 2.05) is 66.9 Å². The molecule has 3 aromatic rings. The summed E-state index contributed by atoms with van der Waals surface area (Å²) in [5.41, 5.74) is 5.19. The van der Waals surface area contributed by atoms with Gasteiger partial charge in [0.2, 0.25) is 5.91 Å². The summed E-state index contributed by atoms with van der Waals surface area (Å²) in [6.07, 6.45) is 0.715. The molecular formula is C25H27ClN2O3. The number of aryl methyl sites for hydroxylation is 1. The minimum Gasteiger partial charge on any atom is -0.462 e. The van der Waals surface area contributed by atoms with Crippen LogP contribution in [0.25, 0.3) is 11.3 Å². The summed E-state index contributed by atoms with van der Waals surface area (Å²) < 4.78 is 7.07. The van der Waals surface area contributed by atoms with E-state index in [9.17, 15) is 9.59 Å². The predicted molar refractivity (Wildman–Crippen MR) is 123 cm³/mol. The molecule has 5 nitrogen and oxygen atoms in total. The van der Waals surface area contributed by atoms with Crippen molar-refractivity contribution in [3.8, 4) is 11.3 Å². The quantitative estimate of drug-likeness (QED) is 0.505. The Labute approximate surface area is 188 Å². The SMILES string of the molecule is CCOC(=O)c1cc(-c2ccc(C)cc2)n(CC(=O)NCCc2ccc(Cl)cc2)c1C. The van der Waals surface area contributed by atoms with Gasteiger partial charge in [-0.1, -0.05) is 53.6 Å². The number of rotatable bonds is 8. The van der Waals surface area contributed by atoms with Crippen molar-refractivity contribution >= 4 is 23.5 Å². The number of carbonyl (C=O) groups is 2. The van der Waals surface area contributed by atoms with Gasteiger partial charge in [0.15, 0.2) is 0 Å². The molecule has 0 aliphatic heterocycles. The second-order valence-electron chi connectivity index (χ2n) is 7.43. The lowest BCUT2D eigenvalue weighted by molar-refractivity contribution is -0.121. The van der Waals surface area contributed by atoms with E-state index in [1.54, 1.807) is 13.0 Å². The van der Waals surface area contributed by atoms with Crippen LogP contribution in [0, 0.1) is 13.8 Å². The Balaban J connectivity index is 1.77. The highest BCUT2D eigenvalue weighted by Crippen LogP contribution is 2.27. The van der Waals surface area contributed by atoms with Crippen molar-refractivity contribution in [2.75, 3.05) is 13.2 Å². The highest BCUT2D eigenvalue weighted by atomic mass is 35.5. The summed E-state index contributed by atoms with van der Waals surface area (Å²) in [6.45, 7) is 6.57. The lowest BCUT2D eigenvalue weighted by Crippen LogP contribution is -2.30. The van der Waals surface area contributed by atoms with Gasteiger partial charge >= 0.3 is 5.97 Å². The molecule has 1 N–H and O–H groups in total. The number of nitrogens with zero attached hydrogens (tertiary/aromatic N) is 1. The van der Waals surface area contributed by atoms with E-state index in [-0.39, 0.29) is 18.4 Å². The van der Waals surface area contributed by atoms with Crippen LogP contribution >= 0.6 is 11.6 Å². The zero-order valence-electron chi connectivity index (χ0n) is 18.1. The van der Waals surface area contributed by atoms with Gasteiger partial charge < -0.3 is 14.6 Å². The van der Waals surface area contributed by atoms with Crippen LogP contribution in [-0.2, 0) is 22.5 Å². The Bertz CT molecular complexity index is 1050. The first-order valence-electron chi connectivity index (χ1n) is 10.3. The molecule has 0 fully saturated rings. The number of benzene rings is 2. The van der Waals surface area contributed by atoms with E-state index in [0.717, 1.165) is 22.4 Å². The molecule has 0 bridgehead atoms. The Kier molecular flexibility index (Phi) is 7.53. The fraction of sp³-hybridized carbons (Fsp3) is 0.280. The topological polar surface area (TPSA) is 60.3 Å². The van der Waals surface area contributed by atoms with Crippen molar-refractivity contribution in [1.82, 2.24) is 9.88 Å². The van der Waals surface area contributed by atoms with E-state index in [1.165, 1.54) is 0 Å². The van der Waals surface area contributed by atoms with Gasteiger partial charge in [0.25, 0.3) is 0 Å². The Morgan fingerprint density at radius 2 is 1.71 bits per heavy atom. The maximum absolute atomic E-state index is 12.7. The van der Waals surface area contributed by atoms with Crippen molar-refractivity contribution in [2.45, 2.75) is 33.7 Å². The molecule has 2 aromatic carbocycles. The van der Waals surface area contributed by atoms with Crippen molar-refractivity contribution in [3.05, 3.63) is 82.0 Å². The summed E-state index contributed by atoms with van der Waals surface area (Å²) >= 11 is 5.91. The zero-order valence-corrected chi connectivity index (χ0v) is 18.8. The van der Waals surface area contributed by atoms with Gasteiger partial charge in [-0.05, 0) is 56.5 Å². The maximum atomic E-state index is 12.7. The third kappa shape index (κ3) is 5.76. The lowest BCUT2D eigenvalue weighted by atomic mass is 10.1. The smallest absolute Gasteiger partial charge is 0.339 e. The predicted octanol–water partition coefficient (Wildman–Crippen LogP) is 4.96. The Morgan fingerprint density at radius 1 is 1.03 bits per heavy atom. The van der Waals surface area contributed by atoms with Gasteiger partial charge in [-0.25, -0.2) is 4.79 Å². The molecule has 6 heteroatoms. The van der Waals surface area contributed by atoms with E-state index in [4.69, 9.17) is 16.3 Å². The summed E-state index contributed by atoms with van der Waals surface area (Å²) in [4.78, 5) is 25.1. The number of esters is 1. The van der Waals surface area contributed by atoms with Crippen LogP contribution in [0.3, 0.4) is 0 Å². The molecule has 0 radical (unpaired) electrons. The molecule has 1 aromatic heterocycles. The summed E-state index contributed by atoms with van der Waals surface area (Å²) in [5, 5.41) is 3.66. The van der Waals surface area contributed by atoms with Crippen LogP contribution in [0.1, 0.15) is 34.1 Å². The van der Waals surface area contributed by atoms with Gasteiger partial charge in [0.05, 0.1) is 12.2 Å². The van der Waals surface area contributed by atoms with E-state index in [2.05, 4.69) is 5.32 Å². The molecule has 0 saturated carbocycles. The Morgan fingerprint density at radius 3 is 2.35 bits per heavy atom. The second kappa shape index (κ2) is 10.3. The normalized spacial score (nSPS) is 10.7. The van der Waals surface area contributed by atoms with Gasteiger partial charge in [0, 0.05) is 23.0 Å². The molecule has 0 unspecified atom stereocenters. The first-order valence-corrected chi connectivity index (χ1v) is 10.7. The molecule has 31 heavy (non-hydrogen) atoms. The van der Waals surface area contributed by atoms with Gasteiger partial charge in [0.1, 0.15) is 6.54 Å². The van der Waals surface area contributed by atoms with Crippen LogP contribution in [0.15, 0.2) is 54.6 Å². The number of halogens is 1. The Hall–Kier alpha value is -3.05. The van der Waals surface area contributed by atoms with Crippen LogP contribution in [0.2, 0.25) is 5.02 Å². The molecule has 0 spiro atoms. The standard InChI is InChI=1S/C25H27ClN2O3/c1-4-31-25(30)22-15-23(20-9-5-17(2)6-10-20)28(18(22)3)16-24(29)27-14-13-19-7-11-21(26)12-8-19/h5-12,15H,4,13-14,16H2,1-3H3,(H,27,29). The van der Waals surface area contributed by atoms with Gasteiger partial charge in [-0.2, -0.15) is 0 Å². The summed E-state index contributed by atoms with van der Waals surface area (Å²) in [6, 6.07) is 17.4. The number of hydrogen-bond acceptors (Lipinski definition) is 3. The number of hydrogen-bond donors (Lipinski definition) is 1. The van der Waals surface area contributed by atoms with Crippen molar-refractivity contribution in [3.63, 3.8) is 0 Å². The molecule has 0 aliphatic carbocycles. The molecule has 1 heterocycles. The molecule has 0 saturated heterocycles. The average molecular weight is 439 g/mol. The highest BCUT2D eigenvalue weighted by Gasteiger charge is 2.20. The lowest BCUT2D eigenvalue weighted by Gasteiger charge is -2.13. The highest BCUT2D eigenvalue weighted by molar-refractivity contribution is 6.30. The fourth-order valence-electron chi connectivity index (χ4n) is 3.42. The zero-order chi connectivity index (χ0) is 22.4. The minimum absolute atomic E-state index is 0.114. The third-order valence-corrected chi connectivity index (χ3v) is 5.41. The van der Waals surface area contributed by atoms with E-state index < -0.39 is 0 Å². The van der Waals surface area contributed by atoms with Crippen LogP contribution in [-0.4, -0.2) is 29.6 Å². The molecular weight excluding hydrogens is 412 g/mol. The molecule has 3 rings (SSSR count). The number of ether oxygens (including phenoxy) is 1. The summed E-state index contributed by atoms with van der Waals surface area (Å²) in [7, 11) is 0. The first-order chi connectivity index (χ1) is 14.9. The number of carbonyl (C=O) groups excluding carboxylic acids is 2. The van der Waals surface area contributed by atoms with Crippen LogP contribution in [0.4, 0.5) is 0 Å². The second-order valence-corrected chi connectivity index (χ2v) is 7.86. The van der Waals surface area contributed by atoms with Crippen molar-refractivity contribution in [2.24, 2.45) is 0 Å². The molecule has 0 atom stereocenters.